The first-order chi connectivity index (χ1) is 4.72. The minimum Gasteiger partial charge on any atom is -0.289 e. The highest BCUT2D eigenvalue weighted by Crippen LogP contribution is 2.07. The van der Waals surface area contributed by atoms with Crippen molar-refractivity contribution < 1.29 is 0 Å². The molecule has 0 amide bonds. The number of nitrogens with one attached hydrogen (secondary N) is 1. The molecule has 0 radical (unpaired) electrons. The molecule has 1 N–H and O–H groups in total. The maximum absolute atomic E-state index is 7.10. The zero-order valence-electron chi connectivity index (χ0n) is 5.56. The summed E-state index contributed by atoms with van der Waals surface area (Å²) in [4.78, 5) is 3.84. The van der Waals surface area contributed by atoms with Crippen molar-refractivity contribution >= 4 is 16.8 Å². The number of hydrogen-bond donors (Lipinski definition) is 1. The lowest BCUT2D eigenvalue weighted by atomic mass is 10.2. The van der Waals surface area contributed by atoms with Gasteiger partial charge >= 0.3 is 0 Å². The van der Waals surface area contributed by atoms with E-state index in [0.717, 1.165) is 5.56 Å². The van der Waals surface area contributed by atoms with E-state index in [0.29, 0.717) is 5.56 Å². The first-order valence-corrected chi connectivity index (χ1v) is 3.24. The van der Waals surface area contributed by atoms with Crippen molar-refractivity contribution in [3.8, 4) is 0 Å². The van der Waals surface area contributed by atoms with Crippen LogP contribution in [-0.4, -0.2) is 10.2 Å². The van der Waals surface area contributed by atoms with Crippen LogP contribution in [0.25, 0.3) is 0 Å². The van der Waals surface area contributed by atoms with Gasteiger partial charge in [-0.25, -0.2) is 0 Å². The van der Waals surface area contributed by atoms with Crippen LogP contribution in [0.4, 0.5) is 0 Å². The van der Waals surface area contributed by atoms with Crippen LogP contribution < -0.4 is 0 Å². The van der Waals surface area contributed by atoms with Crippen molar-refractivity contribution in [2.75, 3.05) is 0 Å². The van der Waals surface area contributed by atoms with Crippen molar-refractivity contribution in [1.82, 2.24) is 4.98 Å². The second-order valence-corrected chi connectivity index (χ2v) is 2.38. The Morgan fingerprint density at radius 1 is 1.70 bits per heavy atom. The Balaban J connectivity index is 3.15. The number of aromatic nitrogens is 1. The Kier molecular flexibility index (Phi) is 2.02. The third-order valence-electron chi connectivity index (χ3n) is 1.28. The van der Waals surface area contributed by atoms with Crippen LogP contribution in [-0.2, 0) is 0 Å². The molecule has 0 bridgehead atoms. The number of hydrogen-bond acceptors (Lipinski definition) is 2. The lowest BCUT2D eigenvalue weighted by Crippen LogP contribution is -1.93. The summed E-state index contributed by atoms with van der Waals surface area (Å²) in [6.45, 7) is 1.90. The van der Waals surface area contributed by atoms with Crippen molar-refractivity contribution in [2.45, 2.75) is 6.92 Å². The number of halogens is 1. The Morgan fingerprint density at radius 2 is 2.40 bits per heavy atom. The summed E-state index contributed by atoms with van der Waals surface area (Å²) >= 11 is 5.45. The van der Waals surface area contributed by atoms with Crippen molar-refractivity contribution in [2.24, 2.45) is 0 Å². The van der Waals surface area contributed by atoms with Gasteiger partial charge in [-0.2, -0.15) is 0 Å². The van der Waals surface area contributed by atoms with Crippen molar-refractivity contribution in [1.29, 1.82) is 5.41 Å². The van der Waals surface area contributed by atoms with Crippen LogP contribution in [0.15, 0.2) is 18.5 Å². The van der Waals surface area contributed by atoms with Crippen LogP contribution in [0, 0.1) is 12.3 Å². The summed E-state index contributed by atoms with van der Waals surface area (Å²) in [5.41, 5.74) is 1.68. The topological polar surface area (TPSA) is 36.7 Å². The third kappa shape index (κ3) is 1.33. The van der Waals surface area contributed by atoms with Crippen molar-refractivity contribution in [3.05, 3.63) is 29.6 Å². The second-order valence-electron chi connectivity index (χ2n) is 2.00. The molecule has 52 valence electrons. The Bertz CT molecular complexity index is 258. The molecular formula is C7H7ClN2. The minimum atomic E-state index is 0.0469. The van der Waals surface area contributed by atoms with E-state index in [2.05, 4.69) is 4.98 Å². The van der Waals surface area contributed by atoms with E-state index in [-0.39, 0.29) is 5.17 Å². The molecule has 0 aliphatic rings. The highest BCUT2D eigenvalue weighted by molar-refractivity contribution is 6.68. The molecule has 3 heteroatoms. The van der Waals surface area contributed by atoms with Gasteiger partial charge in [-0.15, -0.1) is 0 Å². The Hall–Kier alpha value is -0.890. The predicted molar refractivity (Wildman–Crippen MR) is 41.7 cm³/mol. The molecule has 1 heterocycles. The van der Waals surface area contributed by atoms with Crippen LogP contribution >= 0.6 is 11.6 Å². The molecule has 1 aromatic heterocycles. The second kappa shape index (κ2) is 2.80. The highest BCUT2D eigenvalue weighted by Gasteiger charge is 1.99. The zero-order valence-corrected chi connectivity index (χ0v) is 6.31. The fraction of sp³-hybridized carbons (Fsp3) is 0.143. The monoisotopic (exact) mass is 154 g/mol. The Labute approximate surface area is 64.4 Å². The van der Waals surface area contributed by atoms with E-state index in [1.165, 1.54) is 0 Å². The molecule has 0 aliphatic carbocycles. The number of aryl methyl sites for hydroxylation is 1. The molecule has 10 heavy (non-hydrogen) atoms. The summed E-state index contributed by atoms with van der Waals surface area (Å²) in [7, 11) is 0. The van der Waals surface area contributed by atoms with Gasteiger partial charge in [0.25, 0.3) is 0 Å². The van der Waals surface area contributed by atoms with E-state index < -0.39 is 0 Å². The van der Waals surface area contributed by atoms with Gasteiger partial charge in [-0.3, -0.25) is 10.4 Å². The largest absolute Gasteiger partial charge is 0.289 e. The van der Waals surface area contributed by atoms with E-state index in [4.69, 9.17) is 17.0 Å². The molecule has 0 atom stereocenters. The molecule has 2 nitrogen and oxygen atoms in total. The van der Waals surface area contributed by atoms with E-state index in [1.54, 1.807) is 12.4 Å². The summed E-state index contributed by atoms with van der Waals surface area (Å²) in [5, 5.41) is 7.15. The maximum Gasteiger partial charge on any atom is 0.129 e. The average Bonchev–Trinajstić information content (AvgIpc) is 1.88. The number of nitrogens with zero attached hydrogens (tertiary/aromatic N) is 1. The summed E-state index contributed by atoms with van der Waals surface area (Å²) in [6, 6.07) is 1.83. The first kappa shape index (κ1) is 7.22. The lowest BCUT2D eigenvalue weighted by molar-refractivity contribution is 1.27. The smallest absolute Gasteiger partial charge is 0.129 e. The molecule has 0 unspecified atom stereocenters. The summed E-state index contributed by atoms with van der Waals surface area (Å²) in [6.07, 6.45) is 3.27. The standard InChI is InChI=1S/C7H7ClN2/c1-5-2-3-10-4-6(5)7(8)9/h2-4,9H,1H3. The highest BCUT2D eigenvalue weighted by atomic mass is 35.5. The van der Waals surface area contributed by atoms with Gasteiger partial charge in [0.2, 0.25) is 0 Å². The first-order valence-electron chi connectivity index (χ1n) is 2.87. The van der Waals surface area contributed by atoms with Gasteiger partial charge in [0, 0.05) is 18.0 Å². The number of pyridine rings is 1. The van der Waals surface area contributed by atoms with E-state index in [9.17, 15) is 0 Å². The van der Waals surface area contributed by atoms with Crippen LogP contribution in [0.3, 0.4) is 0 Å². The fourth-order valence-electron chi connectivity index (χ4n) is 0.694. The molecule has 0 saturated heterocycles. The zero-order chi connectivity index (χ0) is 7.56. The van der Waals surface area contributed by atoms with Gasteiger partial charge in [-0.1, -0.05) is 11.6 Å². The third-order valence-corrected chi connectivity index (χ3v) is 1.48. The molecule has 0 aliphatic heterocycles. The molecule has 1 rings (SSSR count). The molecular weight excluding hydrogens is 148 g/mol. The van der Waals surface area contributed by atoms with Crippen LogP contribution in [0.1, 0.15) is 11.1 Å². The van der Waals surface area contributed by atoms with E-state index >= 15 is 0 Å². The van der Waals surface area contributed by atoms with Crippen LogP contribution in [0.2, 0.25) is 0 Å². The molecule has 0 fully saturated rings. The average molecular weight is 155 g/mol. The predicted octanol–water partition coefficient (Wildman–Crippen LogP) is 1.95. The summed E-state index contributed by atoms with van der Waals surface area (Å²) in [5.74, 6) is 0. The molecule has 0 spiro atoms. The maximum atomic E-state index is 7.10. The minimum absolute atomic E-state index is 0.0469. The van der Waals surface area contributed by atoms with Gasteiger partial charge in [0.05, 0.1) is 0 Å². The fourth-order valence-corrected chi connectivity index (χ4v) is 0.892. The lowest BCUT2D eigenvalue weighted by Gasteiger charge is -1.97. The normalized spacial score (nSPS) is 9.40. The van der Waals surface area contributed by atoms with Gasteiger partial charge in [0.15, 0.2) is 0 Å². The van der Waals surface area contributed by atoms with E-state index in [1.807, 2.05) is 13.0 Å². The molecule has 0 aromatic carbocycles. The van der Waals surface area contributed by atoms with Gasteiger partial charge in [-0.05, 0) is 18.6 Å². The SMILES string of the molecule is Cc1ccncc1C(=N)Cl. The van der Waals surface area contributed by atoms with Gasteiger partial charge in [0.1, 0.15) is 5.17 Å². The molecule has 0 saturated carbocycles. The van der Waals surface area contributed by atoms with Crippen LogP contribution in [0.5, 0.6) is 0 Å². The molecule has 1 aromatic rings. The van der Waals surface area contributed by atoms with Gasteiger partial charge < -0.3 is 0 Å². The number of rotatable bonds is 1. The van der Waals surface area contributed by atoms with Crippen molar-refractivity contribution in [3.63, 3.8) is 0 Å². The summed E-state index contributed by atoms with van der Waals surface area (Å²) < 4.78 is 0. The Morgan fingerprint density at radius 3 is 2.80 bits per heavy atom. The quantitative estimate of drug-likeness (QED) is 0.617.